The van der Waals surface area contributed by atoms with Gasteiger partial charge in [-0.25, -0.2) is 0 Å². The van der Waals surface area contributed by atoms with Gasteiger partial charge in [0, 0.05) is 4.47 Å². The second-order valence-electron chi connectivity index (χ2n) is 8.83. The molecule has 0 saturated heterocycles. The fourth-order valence-corrected chi connectivity index (χ4v) is 23.2. The van der Waals surface area contributed by atoms with E-state index in [2.05, 4.69) is 73.9 Å². The fraction of sp³-hybridized carbons (Fsp3) is 0.529. The van der Waals surface area contributed by atoms with Crippen molar-refractivity contribution in [3.05, 3.63) is 27.7 Å². The Labute approximate surface area is 176 Å². The van der Waals surface area contributed by atoms with Crippen LogP contribution in [0.2, 0.25) is 58.9 Å². The molecule has 0 aliphatic rings. The van der Waals surface area contributed by atoms with Gasteiger partial charge in [0.25, 0.3) is 0 Å². The van der Waals surface area contributed by atoms with Crippen molar-refractivity contribution in [3.8, 4) is 12.1 Å². The van der Waals surface area contributed by atoms with Crippen molar-refractivity contribution in [3.63, 3.8) is 0 Å². The van der Waals surface area contributed by atoms with E-state index < -0.39 is 33.8 Å². The SMILES string of the molecule is C[Si](C)(C)O[Si](C)(C)O[Si](C)(C)O[Si](C)(C)c1cc(C#N)c(C#N)cc1Br. The van der Waals surface area contributed by atoms with Crippen LogP contribution >= 0.6 is 15.9 Å². The summed E-state index contributed by atoms with van der Waals surface area (Å²) in [4.78, 5) is 0. The molecular weight excluding hydrogens is 472 g/mol. The summed E-state index contributed by atoms with van der Waals surface area (Å²) in [5, 5.41) is 19.5. The van der Waals surface area contributed by atoms with E-state index in [9.17, 15) is 10.5 Å². The monoisotopic (exact) mass is 500 g/mol. The molecule has 0 atom stereocenters. The largest absolute Gasteiger partial charge is 0.437 e. The van der Waals surface area contributed by atoms with Crippen LogP contribution in [0.25, 0.3) is 0 Å². The molecule has 0 aliphatic carbocycles. The lowest BCUT2D eigenvalue weighted by atomic mass is 10.1. The lowest BCUT2D eigenvalue weighted by Crippen LogP contribution is -2.59. The summed E-state index contributed by atoms with van der Waals surface area (Å²) < 4.78 is 20.2. The first-order valence-electron chi connectivity index (χ1n) is 8.77. The number of hydrogen-bond donors (Lipinski definition) is 0. The second-order valence-corrected chi connectivity index (χ2v) is 25.5. The second kappa shape index (κ2) is 8.43. The van der Waals surface area contributed by atoms with Gasteiger partial charge in [-0.1, -0.05) is 15.9 Å². The van der Waals surface area contributed by atoms with E-state index in [0.29, 0.717) is 11.1 Å². The molecule has 0 saturated carbocycles. The van der Waals surface area contributed by atoms with Crippen LogP contribution in [0.4, 0.5) is 0 Å². The summed E-state index contributed by atoms with van der Waals surface area (Å²) in [6, 6.07) is 7.65. The van der Waals surface area contributed by atoms with Crippen LogP contribution in [0.5, 0.6) is 0 Å². The van der Waals surface area contributed by atoms with Crippen molar-refractivity contribution in [2.24, 2.45) is 0 Å². The van der Waals surface area contributed by atoms with E-state index in [-0.39, 0.29) is 0 Å². The van der Waals surface area contributed by atoms with E-state index in [0.717, 1.165) is 9.66 Å². The molecule has 0 amide bonds. The van der Waals surface area contributed by atoms with Crippen LogP contribution in [0.15, 0.2) is 16.6 Å². The summed E-state index contributed by atoms with van der Waals surface area (Å²) in [7, 11) is -8.88. The van der Waals surface area contributed by atoms with Gasteiger partial charge in [-0.3, -0.25) is 0 Å². The smallest absolute Gasteiger partial charge is 0.312 e. The van der Waals surface area contributed by atoms with Crippen LogP contribution in [-0.2, 0) is 12.3 Å². The molecule has 27 heavy (non-hydrogen) atoms. The number of rotatable bonds is 7. The molecule has 1 aromatic carbocycles. The summed E-state index contributed by atoms with van der Waals surface area (Å²) in [6.45, 7) is 18.9. The highest BCUT2D eigenvalue weighted by molar-refractivity contribution is 9.10. The zero-order valence-corrected chi connectivity index (χ0v) is 23.2. The van der Waals surface area contributed by atoms with Crippen LogP contribution in [0.3, 0.4) is 0 Å². The predicted octanol–water partition coefficient (Wildman–Crippen LogP) is 4.89. The Bertz CT molecular complexity index is 793. The Hall–Kier alpha value is -0.572. The molecule has 0 aromatic heterocycles. The third-order valence-electron chi connectivity index (χ3n) is 3.54. The molecule has 5 nitrogen and oxygen atoms in total. The third kappa shape index (κ3) is 7.40. The molecule has 1 rings (SSSR count). The lowest BCUT2D eigenvalue weighted by Gasteiger charge is -2.40. The summed E-state index contributed by atoms with van der Waals surface area (Å²) >= 11 is 3.55. The molecule has 0 spiro atoms. The van der Waals surface area contributed by atoms with Gasteiger partial charge in [0.1, 0.15) is 12.1 Å². The molecule has 0 unspecified atom stereocenters. The zero-order chi connectivity index (χ0) is 21.3. The van der Waals surface area contributed by atoms with Crippen LogP contribution in [0, 0.1) is 22.7 Å². The van der Waals surface area contributed by atoms with Gasteiger partial charge in [0.2, 0.25) is 8.32 Å². The van der Waals surface area contributed by atoms with Crippen molar-refractivity contribution >= 4 is 54.9 Å². The maximum atomic E-state index is 9.36. The topological polar surface area (TPSA) is 75.3 Å². The van der Waals surface area contributed by atoms with Gasteiger partial charge in [0.05, 0.1) is 11.1 Å². The van der Waals surface area contributed by atoms with E-state index in [1.807, 2.05) is 13.1 Å². The van der Waals surface area contributed by atoms with Gasteiger partial charge in [-0.2, -0.15) is 10.5 Å². The quantitative estimate of drug-likeness (QED) is 0.497. The molecule has 0 bridgehead atoms. The Kier molecular flexibility index (Phi) is 7.64. The van der Waals surface area contributed by atoms with E-state index in [1.54, 1.807) is 12.1 Å². The van der Waals surface area contributed by atoms with Crippen LogP contribution in [0.1, 0.15) is 11.1 Å². The normalized spacial score (nSPS) is 13.2. The maximum absolute atomic E-state index is 9.36. The fourth-order valence-electron chi connectivity index (χ4n) is 3.26. The predicted molar refractivity (Wildman–Crippen MR) is 122 cm³/mol. The summed E-state index contributed by atoms with van der Waals surface area (Å²) in [5.41, 5.74) is 0.736. The molecule has 0 heterocycles. The average molecular weight is 502 g/mol. The van der Waals surface area contributed by atoms with Gasteiger partial charge in [0.15, 0.2) is 8.32 Å². The molecule has 0 fully saturated rings. The molecule has 0 aliphatic heterocycles. The van der Waals surface area contributed by atoms with Crippen LogP contribution in [-0.4, -0.2) is 33.8 Å². The molecule has 1 aromatic rings. The average Bonchev–Trinajstić information content (AvgIpc) is 2.40. The minimum Gasteiger partial charge on any atom is -0.437 e. The number of nitriles is 2. The first-order chi connectivity index (χ1) is 12.0. The van der Waals surface area contributed by atoms with Crippen molar-refractivity contribution in [2.45, 2.75) is 58.9 Å². The lowest BCUT2D eigenvalue weighted by molar-refractivity contribution is 0.332. The van der Waals surface area contributed by atoms with E-state index in [4.69, 9.17) is 12.3 Å². The Morgan fingerprint density at radius 3 is 1.63 bits per heavy atom. The van der Waals surface area contributed by atoms with E-state index >= 15 is 0 Å². The minimum absolute atomic E-state index is 0.364. The van der Waals surface area contributed by atoms with Gasteiger partial charge < -0.3 is 12.3 Å². The Balaban J connectivity index is 3.16. The van der Waals surface area contributed by atoms with Crippen LogP contribution < -0.4 is 5.19 Å². The first-order valence-corrected chi connectivity index (χ1v) is 21.5. The number of nitrogens with zero attached hydrogens (tertiary/aromatic N) is 2. The van der Waals surface area contributed by atoms with E-state index in [1.165, 1.54) is 0 Å². The molecule has 0 N–H and O–H groups in total. The third-order valence-corrected chi connectivity index (χ3v) is 18.6. The Morgan fingerprint density at radius 2 is 1.19 bits per heavy atom. The van der Waals surface area contributed by atoms with Crippen molar-refractivity contribution < 1.29 is 12.3 Å². The standard InChI is InChI=1S/C17H29BrN2O3Si4/c1-24(2,3)21-26(6,7)23-27(8,9)22-25(4,5)17-11-15(13-20)14(12-19)10-16(17)18/h10-11H,1-9H3. The number of hydrogen-bond acceptors (Lipinski definition) is 5. The van der Waals surface area contributed by atoms with Gasteiger partial charge in [-0.15, -0.1) is 0 Å². The highest BCUT2D eigenvalue weighted by atomic mass is 79.9. The molecular formula is C17H29BrN2O3Si4. The van der Waals surface area contributed by atoms with Gasteiger partial charge in [-0.05, 0) is 76.2 Å². The first kappa shape index (κ1) is 24.5. The highest BCUT2D eigenvalue weighted by Crippen LogP contribution is 2.26. The van der Waals surface area contributed by atoms with Crippen molar-refractivity contribution in [1.82, 2.24) is 0 Å². The maximum Gasteiger partial charge on any atom is 0.312 e. The summed E-state index contributed by atoms with van der Waals surface area (Å²) in [5.74, 6) is 0. The van der Waals surface area contributed by atoms with Crippen molar-refractivity contribution in [2.75, 3.05) is 0 Å². The Morgan fingerprint density at radius 1 is 0.741 bits per heavy atom. The van der Waals surface area contributed by atoms with Gasteiger partial charge >= 0.3 is 17.1 Å². The molecule has 10 heteroatoms. The number of halogens is 1. The minimum atomic E-state index is -2.48. The zero-order valence-electron chi connectivity index (χ0n) is 17.7. The summed E-state index contributed by atoms with van der Waals surface area (Å²) in [6.07, 6.45) is 0. The number of benzene rings is 1. The molecule has 0 radical (unpaired) electrons. The van der Waals surface area contributed by atoms with Crippen molar-refractivity contribution in [1.29, 1.82) is 10.5 Å². The highest BCUT2D eigenvalue weighted by Gasteiger charge is 2.43. The molecule has 148 valence electrons.